The number of ether oxygens (including phenoxy) is 1. The SMILES string of the molecule is C#CCOC.[C-]#[O+].[C-]#[O+].[C-]#[O+].[C-]#[O+].[C-]#[O+].[C-]#[O+].[Co].[Co]. The average molecular weight is 356 g/mol. The van der Waals surface area contributed by atoms with Gasteiger partial charge < -0.3 is 4.74 Å². The molecule has 0 N–H and O–H groups in total. The van der Waals surface area contributed by atoms with E-state index in [1.165, 1.54) is 0 Å². The van der Waals surface area contributed by atoms with Crippen molar-refractivity contribution < 1.29 is 66.2 Å². The molecule has 19 heavy (non-hydrogen) atoms. The Bertz CT molecular complexity index is 186. The van der Waals surface area contributed by atoms with Crippen molar-refractivity contribution >= 4 is 0 Å². The van der Waals surface area contributed by atoms with Crippen LogP contribution >= 0.6 is 0 Å². The molecule has 0 saturated carbocycles. The van der Waals surface area contributed by atoms with Crippen LogP contribution in [0.3, 0.4) is 0 Å². The fourth-order valence-electron chi connectivity index (χ4n) is 0.0833. The molecule has 0 saturated heterocycles. The molecule has 9 heteroatoms. The van der Waals surface area contributed by atoms with Gasteiger partial charge in [-0.1, -0.05) is 5.92 Å². The van der Waals surface area contributed by atoms with Gasteiger partial charge in [0, 0.05) is 40.7 Å². The Morgan fingerprint density at radius 2 is 0.895 bits per heavy atom. The van der Waals surface area contributed by atoms with Crippen LogP contribution in [0.2, 0.25) is 0 Å². The second kappa shape index (κ2) is 1110. The van der Waals surface area contributed by atoms with Crippen LogP contribution in [0.5, 0.6) is 0 Å². The zero-order valence-electron chi connectivity index (χ0n) is 9.31. The summed E-state index contributed by atoms with van der Waals surface area (Å²) in [7, 11) is 1.57. The van der Waals surface area contributed by atoms with E-state index < -0.39 is 0 Å². The fraction of sp³-hybridized carbons (Fsp3) is 0.200. The molecule has 0 aliphatic heterocycles. The Labute approximate surface area is 132 Å². The Hall–Kier alpha value is -1.03. The van der Waals surface area contributed by atoms with Crippen LogP contribution < -0.4 is 0 Å². The van der Waals surface area contributed by atoms with Crippen molar-refractivity contribution in [3.8, 4) is 12.3 Å². The van der Waals surface area contributed by atoms with Gasteiger partial charge in [0.25, 0.3) is 0 Å². The number of terminal acetylenes is 1. The molecule has 0 aliphatic rings. The van der Waals surface area contributed by atoms with E-state index >= 15 is 0 Å². The normalized spacial score (nSPS) is 2.32. The van der Waals surface area contributed by atoms with Crippen LogP contribution in [-0.4, -0.2) is 13.7 Å². The summed E-state index contributed by atoms with van der Waals surface area (Å²) in [4.78, 5) is 0. The minimum atomic E-state index is 0. The molecule has 7 nitrogen and oxygen atoms in total. The Morgan fingerprint density at radius 1 is 0.737 bits per heavy atom. The summed E-state index contributed by atoms with van der Waals surface area (Å²) in [6.07, 6.45) is 4.76. The molecule has 0 aliphatic carbocycles. The minimum absolute atomic E-state index is 0. The molecule has 0 unspecified atom stereocenters. The van der Waals surface area contributed by atoms with Crippen LogP contribution in [-0.2, 0) is 66.2 Å². The predicted octanol–water partition coefficient (Wildman–Crippen LogP) is 0.0359. The maximum Gasteiger partial charge on any atom is 0 e. The summed E-state index contributed by atoms with van der Waals surface area (Å²) in [5.74, 6) is 2.30. The Kier molecular flexibility index (Phi) is 3770. The first-order valence-electron chi connectivity index (χ1n) is 2.56. The van der Waals surface area contributed by atoms with E-state index in [1.807, 2.05) is 0 Å². The van der Waals surface area contributed by atoms with Gasteiger partial charge in [-0.2, -0.15) is 0 Å². The van der Waals surface area contributed by atoms with Crippen molar-refractivity contribution in [3.63, 3.8) is 0 Å². The standard InChI is InChI=1S/C4H6O.6CO.2Co/c1-3-4-5-2;6*1-2;;/h1H,4H2,2H3;;;;;;;;. The molecule has 0 bridgehead atoms. The Balaban J connectivity index is -0.00000000912. The van der Waals surface area contributed by atoms with E-state index in [-0.39, 0.29) is 33.6 Å². The van der Waals surface area contributed by atoms with E-state index in [4.69, 9.17) is 34.3 Å². The van der Waals surface area contributed by atoms with Gasteiger partial charge in [0.2, 0.25) is 0 Å². The maximum atomic E-state index is 7.50. The average Bonchev–Trinajstić information content (AvgIpc) is 2.52. The first-order chi connectivity index (χ1) is 8.41. The Morgan fingerprint density at radius 3 is 0.895 bits per heavy atom. The first-order valence-corrected chi connectivity index (χ1v) is 2.56. The number of hydrogen-bond acceptors (Lipinski definition) is 1. The van der Waals surface area contributed by atoms with Crippen LogP contribution in [0.4, 0.5) is 0 Å². The molecule has 0 aromatic rings. The smallest absolute Gasteiger partial charge is 0 e. The quantitative estimate of drug-likeness (QED) is 0.367. The number of hydrogen-bond donors (Lipinski definition) is 0. The minimum Gasteiger partial charge on any atom is 0 e. The molecule has 0 aromatic heterocycles. The molecule has 2 radical (unpaired) electrons. The van der Waals surface area contributed by atoms with E-state index in [9.17, 15) is 0 Å². The third-order valence-electron chi connectivity index (χ3n) is 0.228. The van der Waals surface area contributed by atoms with Gasteiger partial charge in [0.1, 0.15) is 6.61 Å². The van der Waals surface area contributed by atoms with Crippen molar-refractivity contribution in [2.75, 3.05) is 13.7 Å². The van der Waals surface area contributed by atoms with Gasteiger partial charge in [-0.3, -0.25) is 0 Å². The summed E-state index contributed by atoms with van der Waals surface area (Å²) in [6.45, 7) is 27.4. The number of methoxy groups -OCH3 is 1. The molecule has 0 fully saturated rings. The summed E-state index contributed by atoms with van der Waals surface area (Å²) < 4.78 is 49.5. The van der Waals surface area contributed by atoms with E-state index in [0.29, 0.717) is 6.61 Å². The third kappa shape index (κ3) is 4020. The van der Waals surface area contributed by atoms with Crippen molar-refractivity contribution in [1.82, 2.24) is 0 Å². The molecule has 0 heterocycles. The van der Waals surface area contributed by atoms with Crippen LogP contribution in [0.25, 0.3) is 0 Å². The van der Waals surface area contributed by atoms with E-state index in [0.717, 1.165) is 0 Å². The van der Waals surface area contributed by atoms with E-state index in [2.05, 4.69) is 50.6 Å². The van der Waals surface area contributed by atoms with Crippen LogP contribution in [0, 0.1) is 52.2 Å². The van der Waals surface area contributed by atoms with Crippen LogP contribution in [0.1, 0.15) is 0 Å². The van der Waals surface area contributed by atoms with Gasteiger partial charge in [-0.05, 0) is 0 Å². The van der Waals surface area contributed by atoms with Crippen molar-refractivity contribution in [2.24, 2.45) is 0 Å². The molecule has 0 spiro atoms. The molecular formula is C10H6Co2O7. The molecule has 0 aromatic carbocycles. The van der Waals surface area contributed by atoms with Gasteiger partial charge in [0.15, 0.2) is 0 Å². The second-order valence-corrected chi connectivity index (χ2v) is 0.637. The monoisotopic (exact) mass is 356 g/mol. The van der Waals surface area contributed by atoms with Crippen LogP contribution in [0.15, 0.2) is 0 Å². The van der Waals surface area contributed by atoms with Gasteiger partial charge >= 0.3 is 67.8 Å². The molecule has 0 atom stereocenters. The molecule has 106 valence electrons. The zero-order chi connectivity index (χ0) is 16.1. The fourth-order valence-corrected chi connectivity index (χ4v) is 0.0833. The molecule has 0 rings (SSSR count). The maximum absolute atomic E-state index is 7.50. The predicted molar refractivity (Wildman–Crippen MR) is 44.3 cm³/mol. The summed E-state index contributed by atoms with van der Waals surface area (Å²) in [5.41, 5.74) is 0. The summed E-state index contributed by atoms with van der Waals surface area (Å²) >= 11 is 0. The topological polar surface area (TPSA) is 129 Å². The van der Waals surface area contributed by atoms with Crippen molar-refractivity contribution in [2.45, 2.75) is 0 Å². The first kappa shape index (κ1) is 64.3. The van der Waals surface area contributed by atoms with Crippen molar-refractivity contribution in [3.05, 3.63) is 39.9 Å². The van der Waals surface area contributed by atoms with Crippen molar-refractivity contribution in [1.29, 1.82) is 0 Å². The van der Waals surface area contributed by atoms with E-state index in [1.54, 1.807) is 7.11 Å². The summed E-state index contributed by atoms with van der Waals surface area (Å²) in [5, 5.41) is 0. The zero-order valence-corrected chi connectivity index (χ0v) is 11.4. The third-order valence-corrected chi connectivity index (χ3v) is 0.228. The van der Waals surface area contributed by atoms with Gasteiger partial charge in [-0.25, -0.2) is 0 Å². The van der Waals surface area contributed by atoms with Gasteiger partial charge in [0.05, 0.1) is 0 Å². The summed E-state index contributed by atoms with van der Waals surface area (Å²) in [6, 6.07) is 0. The number of rotatable bonds is 1. The molecule has 0 amide bonds. The second-order valence-electron chi connectivity index (χ2n) is 0.637. The molecular weight excluding hydrogens is 350 g/mol. The largest absolute Gasteiger partial charge is 0 e. The van der Waals surface area contributed by atoms with Gasteiger partial charge in [-0.15, -0.1) is 6.42 Å².